The molecule has 3 rings (SSSR count). The highest BCUT2D eigenvalue weighted by atomic mass is 16.3. The second-order valence-corrected chi connectivity index (χ2v) is 6.61. The Labute approximate surface area is 153 Å². The van der Waals surface area contributed by atoms with Crippen molar-refractivity contribution in [3.8, 4) is 0 Å². The minimum absolute atomic E-state index is 0.0129. The van der Waals surface area contributed by atoms with Crippen LogP contribution in [-0.4, -0.2) is 60.9 Å². The smallest absolute Gasteiger partial charge is 0.257 e. The van der Waals surface area contributed by atoms with Crippen LogP contribution >= 0.6 is 0 Å². The number of furan rings is 1. The van der Waals surface area contributed by atoms with Crippen molar-refractivity contribution >= 4 is 11.8 Å². The van der Waals surface area contributed by atoms with Crippen LogP contribution in [0, 0.1) is 6.92 Å². The fraction of sp³-hybridized carbons (Fsp3) is 0.400. The minimum atomic E-state index is -0.0129. The number of nitrogens with zero attached hydrogens (tertiary/aromatic N) is 2. The molecule has 6 nitrogen and oxygen atoms in total. The summed E-state index contributed by atoms with van der Waals surface area (Å²) in [6, 6.07) is 9.90. The molecule has 0 unspecified atom stereocenters. The van der Waals surface area contributed by atoms with Crippen LogP contribution in [0.2, 0.25) is 0 Å². The molecule has 2 aromatic rings. The molecule has 0 atom stereocenters. The van der Waals surface area contributed by atoms with Crippen molar-refractivity contribution in [2.45, 2.75) is 13.3 Å². The number of rotatable bonds is 6. The number of piperazine rings is 1. The first-order chi connectivity index (χ1) is 12.6. The third-order valence-electron chi connectivity index (χ3n) is 4.77. The van der Waals surface area contributed by atoms with Gasteiger partial charge in [0.2, 0.25) is 5.91 Å². The average Bonchev–Trinajstić information content (AvgIpc) is 3.18. The van der Waals surface area contributed by atoms with Gasteiger partial charge in [0, 0.05) is 32.7 Å². The van der Waals surface area contributed by atoms with Crippen molar-refractivity contribution in [2.24, 2.45) is 0 Å². The van der Waals surface area contributed by atoms with Crippen molar-refractivity contribution in [1.29, 1.82) is 0 Å². The molecule has 138 valence electrons. The van der Waals surface area contributed by atoms with Crippen molar-refractivity contribution in [2.75, 3.05) is 39.3 Å². The highest BCUT2D eigenvalue weighted by Gasteiger charge is 2.23. The van der Waals surface area contributed by atoms with E-state index in [1.807, 2.05) is 12.1 Å². The summed E-state index contributed by atoms with van der Waals surface area (Å²) in [4.78, 5) is 28.3. The highest BCUT2D eigenvalue weighted by Crippen LogP contribution is 2.09. The topological polar surface area (TPSA) is 65.8 Å². The van der Waals surface area contributed by atoms with E-state index in [1.54, 1.807) is 11.0 Å². The summed E-state index contributed by atoms with van der Waals surface area (Å²) in [5, 5.41) is 2.99. The second kappa shape index (κ2) is 8.67. The van der Waals surface area contributed by atoms with E-state index in [0.717, 1.165) is 6.42 Å². The standard InChI is InChI=1S/C20H25N3O3/c1-16-4-2-3-5-17(16)6-8-21-19(24)14-22-9-11-23(12-10-22)20(25)18-7-13-26-15-18/h2-5,7,13,15H,6,8-12,14H2,1H3,(H,21,24). The van der Waals surface area contributed by atoms with Gasteiger partial charge in [-0.1, -0.05) is 24.3 Å². The van der Waals surface area contributed by atoms with Gasteiger partial charge in [0.25, 0.3) is 5.91 Å². The summed E-state index contributed by atoms with van der Waals surface area (Å²) < 4.78 is 4.97. The van der Waals surface area contributed by atoms with Gasteiger partial charge in [-0.15, -0.1) is 0 Å². The first-order valence-corrected chi connectivity index (χ1v) is 8.98. The fourth-order valence-corrected chi connectivity index (χ4v) is 3.16. The van der Waals surface area contributed by atoms with Gasteiger partial charge in [-0.3, -0.25) is 14.5 Å². The van der Waals surface area contributed by atoms with Gasteiger partial charge in [-0.25, -0.2) is 0 Å². The summed E-state index contributed by atoms with van der Waals surface area (Å²) in [5.41, 5.74) is 3.09. The molecule has 1 aliphatic heterocycles. The number of amides is 2. The number of benzene rings is 1. The molecule has 0 spiro atoms. The molecule has 6 heteroatoms. The Balaban J connectivity index is 1.37. The van der Waals surface area contributed by atoms with E-state index in [0.29, 0.717) is 44.8 Å². The van der Waals surface area contributed by atoms with Crippen molar-refractivity contribution < 1.29 is 14.0 Å². The summed E-state index contributed by atoms with van der Waals surface area (Å²) in [6.45, 7) is 5.76. The van der Waals surface area contributed by atoms with E-state index in [9.17, 15) is 9.59 Å². The highest BCUT2D eigenvalue weighted by molar-refractivity contribution is 5.93. The van der Waals surface area contributed by atoms with Crippen LogP contribution in [0.3, 0.4) is 0 Å². The van der Waals surface area contributed by atoms with Crippen molar-refractivity contribution in [1.82, 2.24) is 15.1 Å². The molecule has 1 fully saturated rings. The molecular formula is C20H25N3O3. The number of carbonyl (C=O) groups is 2. The summed E-state index contributed by atoms with van der Waals surface area (Å²) >= 11 is 0. The molecule has 1 saturated heterocycles. The molecule has 0 saturated carbocycles. The Hall–Kier alpha value is -2.60. The molecular weight excluding hydrogens is 330 g/mol. The molecule has 1 aromatic carbocycles. The summed E-state index contributed by atoms with van der Waals surface area (Å²) in [7, 11) is 0. The van der Waals surface area contributed by atoms with Crippen molar-refractivity contribution in [3.63, 3.8) is 0 Å². The van der Waals surface area contributed by atoms with E-state index in [1.165, 1.54) is 23.7 Å². The Morgan fingerprint density at radius 1 is 1.12 bits per heavy atom. The Morgan fingerprint density at radius 3 is 2.58 bits per heavy atom. The molecule has 2 amide bonds. The molecule has 0 aliphatic carbocycles. The fourth-order valence-electron chi connectivity index (χ4n) is 3.16. The van der Waals surface area contributed by atoms with Crippen molar-refractivity contribution in [3.05, 3.63) is 59.5 Å². The van der Waals surface area contributed by atoms with Crippen LogP contribution in [-0.2, 0) is 11.2 Å². The Kier molecular flexibility index (Phi) is 6.07. The Morgan fingerprint density at radius 2 is 1.88 bits per heavy atom. The van der Waals surface area contributed by atoms with Gasteiger partial charge in [0.15, 0.2) is 0 Å². The van der Waals surface area contributed by atoms with Crippen LogP contribution in [0.25, 0.3) is 0 Å². The van der Waals surface area contributed by atoms with Crippen LogP contribution in [0.15, 0.2) is 47.3 Å². The van der Waals surface area contributed by atoms with Crippen LogP contribution in [0.5, 0.6) is 0 Å². The van der Waals surface area contributed by atoms with E-state index in [2.05, 4.69) is 29.3 Å². The summed E-state index contributed by atoms with van der Waals surface area (Å²) in [5.74, 6) is 0.0225. The van der Waals surface area contributed by atoms with Gasteiger partial charge in [0.05, 0.1) is 18.4 Å². The maximum absolute atomic E-state index is 12.3. The first kappa shape index (κ1) is 18.2. The van der Waals surface area contributed by atoms with E-state index in [-0.39, 0.29) is 11.8 Å². The quantitative estimate of drug-likeness (QED) is 0.857. The monoisotopic (exact) mass is 355 g/mol. The number of nitrogens with one attached hydrogen (secondary N) is 1. The molecule has 2 heterocycles. The summed E-state index contributed by atoms with van der Waals surface area (Å²) in [6.07, 6.45) is 3.81. The maximum Gasteiger partial charge on any atom is 0.257 e. The average molecular weight is 355 g/mol. The van der Waals surface area contributed by atoms with Crippen LogP contribution in [0.4, 0.5) is 0 Å². The van der Waals surface area contributed by atoms with Gasteiger partial charge < -0.3 is 14.6 Å². The van der Waals surface area contributed by atoms with Gasteiger partial charge in [-0.05, 0) is 30.5 Å². The SMILES string of the molecule is Cc1ccccc1CCNC(=O)CN1CCN(C(=O)c2ccoc2)CC1. The predicted octanol–water partition coefficient (Wildman–Crippen LogP) is 1.70. The van der Waals surface area contributed by atoms with Crippen LogP contribution < -0.4 is 5.32 Å². The van der Waals surface area contributed by atoms with E-state index >= 15 is 0 Å². The van der Waals surface area contributed by atoms with E-state index < -0.39 is 0 Å². The molecule has 0 bridgehead atoms. The molecule has 1 N–H and O–H groups in total. The zero-order valence-corrected chi connectivity index (χ0v) is 15.1. The normalized spacial score (nSPS) is 15.0. The number of aryl methyl sites for hydroxylation is 1. The lowest BCUT2D eigenvalue weighted by atomic mass is 10.1. The minimum Gasteiger partial charge on any atom is -0.472 e. The molecule has 1 aromatic heterocycles. The second-order valence-electron chi connectivity index (χ2n) is 6.61. The maximum atomic E-state index is 12.3. The van der Waals surface area contributed by atoms with Gasteiger partial charge >= 0.3 is 0 Å². The number of hydrogen-bond acceptors (Lipinski definition) is 4. The first-order valence-electron chi connectivity index (χ1n) is 8.98. The number of carbonyl (C=O) groups excluding carboxylic acids is 2. The number of hydrogen-bond donors (Lipinski definition) is 1. The third-order valence-corrected chi connectivity index (χ3v) is 4.77. The van der Waals surface area contributed by atoms with Crippen LogP contribution in [0.1, 0.15) is 21.5 Å². The van der Waals surface area contributed by atoms with Gasteiger partial charge in [0.1, 0.15) is 6.26 Å². The predicted molar refractivity (Wildman–Crippen MR) is 98.9 cm³/mol. The van der Waals surface area contributed by atoms with Gasteiger partial charge in [-0.2, -0.15) is 0 Å². The third kappa shape index (κ3) is 4.73. The van der Waals surface area contributed by atoms with E-state index in [4.69, 9.17) is 4.42 Å². The lowest BCUT2D eigenvalue weighted by molar-refractivity contribution is -0.122. The lowest BCUT2D eigenvalue weighted by Crippen LogP contribution is -2.51. The molecule has 0 radical (unpaired) electrons. The lowest BCUT2D eigenvalue weighted by Gasteiger charge is -2.34. The zero-order chi connectivity index (χ0) is 18.4. The Bertz CT molecular complexity index is 735. The molecule has 26 heavy (non-hydrogen) atoms. The largest absolute Gasteiger partial charge is 0.472 e. The molecule has 1 aliphatic rings. The zero-order valence-electron chi connectivity index (χ0n) is 15.1.